The van der Waals surface area contributed by atoms with Gasteiger partial charge in [0.1, 0.15) is 0 Å². The Morgan fingerprint density at radius 3 is 2.75 bits per heavy atom. The predicted molar refractivity (Wildman–Crippen MR) is 107 cm³/mol. The van der Waals surface area contributed by atoms with Gasteiger partial charge >= 0.3 is 0 Å². The molecule has 28 heavy (non-hydrogen) atoms. The zero-order valence-corrected chi connectivity index (χ0v) is 16.8. The van der Waals surface area contributed by atoms with Crippen molar-refractivity contribution in [3.63, 3.8) is 0 Å². The van der Waals surface area contributed by atoms with Crippen molar-refractivity contribution in [3.8, 4) is 0 Å². The molecule has 3 saturated heterocycles. The molecule has 1 aromatic heterocycles. The molecule has 1 unspecified atom stereocenters. The third-order valence-corrected chi connectivity index (χ3v) is 6.83. The van der Waals surface area contributed by atoms with Crippen LogP contribution < -0.4 is 0 Å². The molecule has 1 spiro atoms. The summed E-state index contributed by atoms with van der Waals surface area (Å²) in [5.74, 6) is 0.265. The lowest BCUT2D eigenvalue weighted by molar-refractivity contribution is -0.133. The standard InChI is InChI=1S/C22H33N3O3/c26-19-5-10-24(11-6-19)16-20-14-22(17-28-20)7-12-25(13-8-22)21(27)4-3-18-2-1-9-23-15-18/h1-2,9,15,19-20,26H,3-8,10-14,16-17H2. The highest BCUT2D eigenvalue weighted by Crippen LogP contribution is 2.42. The maximum atomic E-state index is 12.6. The number of carbonyl (C=O) groups excluding carboxylic acids is 1. The summed E-state index contributed by atoms with van der Waals surface area (Å²) in [4.78, 5) is 21.2. The van der Waals surface area contributed by atoms with Crippen LogP contribution in [-0.2, 0) is 16.0 Å². The molecule has 0 saturated carbocycles. The van der Waals surface area contributed by atoms with Crippen molar-refractivity contribution < 1.29 is 14.6 Å². The fourth-order valence-electron chi connectivity index (χ4n) is 4.94. The van der Waals surface area contributed by atoms with E-state index in [2.05, 4.69) is 9.88 Å². The summed E-state index contributed by atoms with van der Waals surface area (Å²) in [6, 6.07) is 3.96. The molecule has 4 rings (SSSR count). The molecule has 3 aliphatic heterocycles. The molecule has 154 valence electrons. The molecule has 1 aromatic rings. The van der Waals surface area contributed by atoms with E-state index in [-0.39, 0.29) is 17.4 Å². The number of nitrogens with zero attached hydrogens (tertiary/aromatic N) is 3. The number of piperidine rings is 2. The Kier molecular flexibility index (Phi) is 6.28. The van der Waals surface area contributed by atoms with Gasteiger partial charge in [-0.2, -0.15) is 0 Å². The van der Waals surface area contributed by atoms with Crippen LogP contribution in [0.5, 0.6) is 0 Å². The van der Waals surface area contributed by atoms with Crippen LogP contribution in [0, 0.1) is 5.41 Å². The van der Waals surface area contributed by atoms with Gasteiger partial charge < -0.3 is 19.6 Å². The number of aromatic nitrogens is 1. The zero-order chi connectivity index (χ0) is 19.4. The molecule has 1 atom stereocenters. The van der Waals surface area contributed by atoms with Crippen LogP contribution in [0.4, 0.5) is 0 Å². The first kappa shape index (κ1) is 19.8. The molecule has 1 N–H and O–H groups in total. The normalized spacial score (nSPS) is 26.0. The van der Waals surface area contributed by atoms with E-state index in [4.69, 9.17) is 4.74 Å². The van der Waals surface area contributed by atoms with Gasteiger partial charge in [-0.15, -0.1) is 0 Å². The van der Waals surface area contributed by atoms with Gasteiger partial charge in [0.15, 0.2) is 0 Å². The number of amides is 1. The van der Waals surface area contributed by atoms with Gasteiger partial charge in [0.25, 0.3) is 0 Å². The van der Waals surface area contributed by atoms with E-state index in [0.29, 0.717) is 12.5 Å². The van der Waals surface area contributed by atoms with Gasteiger partial charge in [-0.3, -0.25) is 9.78 Å². The first-order valence-electron chi connectivity index (χ1n) is 10.8. The lowest BCUT2D eigenvalue weighted by Gasteiger charge is -2.38. The van der Waals surface area contributed by atoms with Gasteiger partial charge in [0, 0.05) is 51.5 Å². The lowest BCUT2D eigenvalue weighted by Crippen LogP contribution is -2.44. The third kappa shape index (κ3) is 4.91. The van der Waals surface area contributed by atoms with Gasteiger partial charge in [0.05, 0.1) is 18.8 Å². The Balaban J connectivity index is 1.20. The summed E-state index contributed by atoms with van der Waals surface area (Å²) in [6.45, 7) is 5.50. The monoisotopic (exact) mass is 387 g/mol. The molecule has 4 heterocycles. The van der Waals surface area contributed by atoms with Crippen molar-refractivity contribution in [2.45, 2.75) is 57.2 Å². The minimum absolute atomic E-state index is 0.118. The van der Waals surface area contributed by atoms with Crippen LogP contribution >= 0.6 is 0 Å². The van der Waals surface area contributed by atoms with E-state index in [0.717, 1.165) is 83.4 Å². The Bertz CT molecular complexity index is 638. The predicted octanol–water partition coefficient (Wildman–Crippen LogP) is 1.87. The van der Waals surface area contributed by atoms with Gasteiger partial charge in [-0.05, 0) is 55.6 Å². The minimum Gasteiger partial charge on any atom is -0.393 e. The molecule has 6 heteroatoms. The largest absolute Gasteiger partial charge is 0.393 e. The first-order valence-corrected chi connectivity index (χ1v) is 10.8. The van der Waals surface area contributed by atoms with Crippen molar-refractivity contribution in [3.05, 3.63) is 30.1 Å². The summed E-state index contributed by atoms with van der Waals surface area (Å²) in [6.07, 6.45) is 10.1. The van der Waals surface area contributed by atoms with E-state index < -0.39 is 0 Å². The minimum atomic E-state index is -0.118. The van der Waals surface area contributed by atoms with Crippen LogP contribution in [0.15, 0.2) is 24.5 Å². The van der Waals surface area contributed by atoms with E-state index >= 15 is 0 Å². The first-order chi connectivity index (χ1) is 13.6. The van der Waals surface area contributed by atoms with E-state index in [1.54, 1.807) is 6.20 Å². The summed E-state index contributed by atoms with van der Waals surface area (Å²) >= 11 is 0. The van der Waals surface area contributed by atoms with Crippen molar-refractivity contribution in [2.75, 3.05) is 39.3 Å². The van der Waals surface area contributed by atoms with Crippen molar-refractivity contribution in [1.29, 1.82) is 0 Å². The number of hydrogen-bond acceptors (Lipinski definition) is 5. The van der Waals surface area contributed by atoms with Crippen molar-refractivity contribution in [1.82, 2.24) is 14.8 Å². The topological polar surface area (TPSA) is 65.9 Å². The lowest BCUT2D eigenvalue weighted by atomic mass is 9.76. The van der Waals surface area contributed by atoms with Crippen LogP contribution in [0.25, 0.3) is 0 Å². The molecular weight excluding hydrogens is 354 g/mol. The Morgan fingerprint density at radius 2 is 2.04 bits per heavy atom. The number of aryl methyl sites for hydroxylation is 1. The molecule has 6 nitrogen and oxygen atoms in total. The maximum absolute atomic E-state index is 12.6. The maximum Gasteiger partial charge on any atom is 0.222 e. The van der Waals surface area contributed by atoms with Gasteiger partial charge in [0.2, 0.25) is 5.91 Å². The zero-order valence-electron chi connectivity index (χ0n) is 16.8. The number of rotatable bonds is 5. The summed E-state index contributed by atoms with van der Waals surface area (Å²) < 4.78 is 6.16. The summed E-state index contributed by atoms with van der Waals surface area (Å²) in [5.41, 5.74) is 1.39. The second kappa shape index (κ2) is 8.89. The second-order valence-corrected chi connectivity index (χ2v) is 8.91. The number of aliphatic hydroxyl groups excluding tert-OH is 1. The van der Waals surface area contributed by atoms with Crippen LogP contribution in [0.2, 0.25) is 0 Å². The van der Waals surface area contributed by atoms with Crippen LogP contribution in [0.3, 0.4) is 0 Å². The van der Waals surface area contributed by atoms with E-state index in [1.807, 2.05) is 23.2 Å². The van der Waals surface area contributed by atoms with Gasteiger partial charge in [-0.1, -0.05) is 6.07 Å². The molecule has 0 radical (unpaired) electrons. The number of ether oxygens (including phenoxy) is 1. The highest BCUT2D eigenvalue weighted by Gasteiger charge is 2.43. The quantitative estimate of drug-likeness (QED) is 0.836. The Morgan fingerprint density at radius 1 is 1.25 bits per heavy atom. The average molecular weight is 388 g/mol. The van der Waals surface area contributed by atoms with Crippen LogP contribution in [-0.4, -0.2) is 77.3 Å². The smallest absolute Gasteiger partial charge is 0.222 e. The number of aliphatic hydroxyl groups is 1. The molecule has 3 aliphatic rings. The number of carbonyl (C=O) groups is 1. The fraction of sp³-hybridized carbons (Fsp3) is 0.727. The molecular formula is C22H33N3O3. The SMILES string of the molecule is O=C(CCc1cccnc1)N1CCC2(CC1)COC(CN1CCC(O)CC1)C2. The van der Waals surface area contributed by atoms with E-state index in [9.17, 15) is 9.90 Å². The average Bonchev–Trinajstić information content (AvgIpc) is 3.11. The highest BCUT2D eigenvalue weighted by atomic mass is 16.5. The summed E-state index contributed by atoms with van der Waals surface area (Å²) in [5, 5.41) is 9.67. The second-order valence-electron chi connectivity index (χ2n) is 8.91. The highest BCUT2D eigenvalue weighted by molar-refractivity contribution is 5.76. The Labute approximate surface area is 167 Å². The molecule has 3 fully saturated rings. The molecule has 0 aromatic carbocycles. The number of hydrogen-bond donors (Lipinski definition) is 1. The number of likely N-dealkylation sites (tertiary alicyclic amines) is 2. The summed E-state index contributed by atoms with van der Waals surface area (Å²) in [7, 11) is 0. The van der Waals surface area contributed by atoms with E-state index in [1.165, 1.54) is 0 Å². The molecule has 0 aliphatic carbocycles. The Hall–Kier alpha value is -1.50. The van der Waals surface area contributed by atoms with Gasteiger partial charge in [-0.25, -0.2) is 0 Å². The van der Waals surface area contributed by atoms with Crippen molar-refractivity contribution in [2.24, 2.45) is 5.41 Å². The fourth-order valence-corrected chi connectivity index (χ4v) is 4.94. The third-order valence-electron chi connectivity index (χ3n) is 6.83. The van der Waals surface area contributed by atoms with Crippen molar-refractivity contribution >= 4 is 5.91 Å². The molecule has 1 amide bonds. The number of pyridine rings is 1. The molecule has 0 bridgehead atoms. The van der Waals surface area contributed by atoms with Crippen LogP contribution in [0.1, 0.15) is 44.1 Å².